The molecule has 0 saturated carbocycles. The van der Waals surface area contributed by atoms with Gasteiger partial charge in [0.05, 0.1) is 25.4 Å². The van der Waals surface area contributed by atoms with Crippen molar-refractivity contribution in [2.75, 3.05) is 46.1 Å². The average Bonchev–Trinajstić information content (AvgIpc) is 2.87. The first-order valence-corrected chi connectivity index (χ1v) is 6.98. The normalized spacial score (nSPS) is 21.3. The summed E-state index contributed by atoms with van der Waals surface area (Å²) < 4.78 is 16.1. The molecular weight excluding hydrogens is 234 g/mol. The van der Waals surface area contributed by atoms with Crippen LogP contribution in [0.25, 0.3) is 0 Å². The molecule has 0 amide bonds. The van der Waals surface area contributed by atoms with Gasteiger partial charge in [-0.05, 0) is 32.7 Å². The van der Waals surface area contributed by atoms with E-state index in [1.54, 1.807) is 0 Å². The highest BCUT2D eigenvalue weighted by atomic mass is 16.5. The monoisotopic (exact) mass is 261 g/mol. The molecule has 2 N–H and O–H groups in total. The molecule has 1 rings (SSSR count). The van der Waals surface area contributed by atoms with Gasteiger partial charge in [0.1, 0.15) is 0 Å². The number of hydrogen-bond donors (Lipinski definition) is 2. The highest BCUT2D eigenvalue weighted by Gasteiger charge is 2.15. The fourth-order valence-electron chi connectivity index (χ4n) is 1.88. The third-order valence-corrected chi connectivity index (χ3v) is 2.86. The Hall–Kier alpha value is -0.200. The van der Waals surface area contributed by atoms with Crippen molar-refractivity contribution in [3.8, 4) is 0 Å². The maximum absolute atomic E-state index is 9.67. The lowest BCUT2D eigenvalue weighted by atomic mass is 10.2. The van der Waals surface area contributed by atoms with E-state index in [0.717, 1.165) is 45.6 Å². The predicted molar refractivity (Wildman–Crippen MR) is 69.8 cm³/mol. The maximum atomic E-state index is 9.67. The van der Waals surface area contributed by atoms with E-state index < -0.39 is 6.10 Å². The lowest BCUT2D eigenvalue weighted by Crippen LogP contribution is -2.32. The van der Waals surface area contributed by atoms with Gasteiger partial charge >= 0.3 is 0 Å². The molecule has 0 spiro atoms. The van der Waals surface area contributed by atoms with Crippen molar-refractivity contribution in [3.05, 3.63) is 0 Å². The van der Waals surface area contributed by atoms with Crippen LogP contribution in [0.4, 0.5) is 0 Å². The van der Waals surface area contributed by atoms with Gasteiger partial charge in [0.15, 0.2) is 0 Å². The van der Waals surface area contributed by atoms with E-state index in [-0.39, 0.29) is 6.10 Å². The van der Waals surface area contributed by atoms with Gasteiger partial charge < -0.3 is 24.6 Å². The Balaban J connectivity index is 1.82. The zero-order valence-electron chi connectivity index (χ0n) is 11.4. The minimum atomic E-state index is -0.446. The van der Waals surface area contributed by atoms with Gasteiger partial charge in [-0.3, -0.25) is 0 Å². The third kappa shape index (κ3) is 8.00. The Morgan fingerprint density at radius 1 is 1.44 bits per heavy atom. The molecule has 5 heteroatoms. The summed E-state index contributed by atoms with van der Waals surface area (Å²) in [6, 6.07) is 0. The van der Waals surface area contributed by atoms with Gasteiger partial charge in [-0.2, -0.15) is 0 Å². The van der Waals surface area contributed by atoms with Gasteiger partial charge in [-0.15, -0.1) is 0 Å². The Morgan fingerprint density at radius 3 is 3.06 bits per heavy atom. The second-order valence-electron chi connectivity index (χ2n) is 4.58. The van der Waals surface area contributed by atoms with Crippen LogP contribution in [0, 0.1) is 0 Å². The summed E-state index contributed by atoms with van der Waals surface area (Å²) in [5, 5.41) is 12.8. The van der Waals surface area contributed by atoms with E-state index in [1.165, 1.54) is 0 Å². The van der Waals surface area contributed by atoms with Gasteiger partial charge in [-0.1, -0.05) is 0 Å². The number of rotatable bonds is 11. The van der Waals surface area contributed by atoms with Crippen LogP contribution in [0.5, 0.6) is 0 Å². The molecule has 1 heterocycles. The van der Waals surface area contributed by atoms with Gasteiger partial charge in [0, 0.05) is 26.4 Å². The van der Waals surface area contributed by atoms with Crippen molar-refractivity contribution in [1.29, 1.82) is 0 Å². The average molecular weight is 261 g/mol. The zero-order valence-corrected chi connectivity index (χ0v) is 11.4. The summed E-state index contributed by atoms with van der Waals surface area (Å²) in [7, 11) is 0. The molecule has 0 bridgehead atoms. The fraction of sp³-hybridized carbons (Fsp3) is 1.00. The van der Waals surface area contributed by atoms with Crippen LogP contribution in [-0.2, 0) is 14.2 Å². The summed E-state index contributed by atoms with van der Waals surface area (Å²) in [6.45, 7) is 6.77. The zero-order chi connectivity index (χ0) is 13.1. The lowest BCUT2D eigenvalue weighted by molar-refractivity contribution is -0.0164. The highest BCUT2D eigenvalue weighted by Crippen LogP contribution is 2.11. The first-order valence-electron chi connectivity index (χ1n) is 6.98. The summed E-state index contributed by atoms with van der Waals surface area (Å²) in [5.74, 6) is 0. The number of aliphatic hydroxyl groups is 1. The Kier molecular flexibility index (Phi) is 9.42. The summed E-state index contributed by atoms with van der Waals surface area (Å²) in [5.41, 5.74) is 0. The van der Waals surface area contributed by atoms with Crippen LogP contribution >= 0.6 is 0 Å². The molecule has 108 valence electrons. The van der Waals surface area contributed by atoms with Crippen LogP contribution < -0.4 is 5.32 Å². The summed E-state index contributed by atoms with van der Waals surface area (Å²) in [6.07, 6.45) is 2.95. The predicted octanol–water partition coefficient (Wildman–Crippen LogP) is 0.559. The molecule has 2 unspecified atom stereocenters. The minimum Gasteiger partial charge on any atom is -0.389 e. The largest absolute Gasteiger partial charge is 0.389 e. The Bertz CT molecular complexity index is 186. The molecule has 5 nitrogen and oxygen atoms in total. The molecule has 18 heavy (non-hydrogen) atoms. The van der Waals surface area contributed by atoms with Gasteiger partial charge in [-0.25, -0.2) is 0 Å². The summed E-state index contributed by atoms with van der Waals surface area (Å²) >= 11 is 0. The van der Waals surface area contributed by atoms with E-state index in [4.69, 9.17) is 14.2 Å². The van der Waals surface area contributed by atoms with E-state index >= 15 is 0 Å². The maximum Gasteiger partial charge on any atom is 0.0897 e. The molecule has 2 atom stereocenters. The van der Waals surface area contributed by atoms with Crippen LogP contribution in [0.15, 0.2) is 0 Å². The van der Waals surface area contributed by atoms with E-state index in [1.807, 2.05) is 6.92 Å². The second-order valence-corrected chi connectivity index (χ2v) is 4.58. The van der Waals surface area contributed by atoms with Crippen molar-refractivity contribution in [3.63, 3.8) is 0 Å². The van der Waals surface area contributed by atoms with Crippen LogP contribution in [0.2, 0.25) is 0 Å². The quantitative estimate of drug-likeness (QED) is 0.532. The first-order chi connectivity index (χ1) is 8.83. The van der Waals surface area contributed by atoms with E-state index in [0.29, 0.717) is 19.8 Å². The second kappa shape index (κ2) is 10.7. The molecule has 1 fully saturated rings. The van der Waals surface area contributed by atoms with E-state index in [9.17, 15) is 5.11 Å². The van der Waals surface area contributed by atoms with Gasteiger partial charge in [0.25, 0.3) is 0 Å². The fourth-order valence-corrected chi connectivity index (χ4v) is 1.88. The van der Waals surface area contributed by atoms with E-state index in [2.05, 4.69) is 5.32 Å². The van der Waals surface area contributed by atoms with Crippen molar-refractivity contribution in [2.45, 2.75) is 38.4 Å². The lowest BCUT2D eigenvalue weighted by Gasteiger charge is -2.14. The molecule has 0 aromatic carbocycles. The molecule has 0 aromatic heterocycles. The first kappa shape index (κ1) is 15.9. The highest BCUT2D eigenvalue weighted by molar-refractivity contribution is 4.64. The number of aliphatic hydroxyl groups excluding tert-OH is 1. The molecule has 0 radical (unpaired) electrons. The molecular formula is C13H27NO4. The standard InChI is InChI=1S/C13H27NO4/c1-2-16-7-4-6-14-9-12(15)10-17-11-13-5-3-8-18-13/h12-15H,2-11H2,1H3. The van der Waals surface area contributed by atoms with Crippen LogP contribution in [-0.4, -0.2) is 63.4 Å². The van der Waals surface area contributed by atoms with Crippen molar-refractivity contribution in [2.24, 2.45) is 0 Å². The summed E-state index contributed by atoms with van der Waals surface area (Å²) in [4.78, 5) is 0. The topological polar surface area (TPSA) is 60.0 Å². The number of hydrogen-bond acceptors (Lipinski definition) is 5. The molecule has 0 aliphatic carbocycles. The Morgan fingerprint density at radius 2 is 2.33 bits per heavy atom. The smallest absolute Gasteiger partial charge is 0.0897 e. The van der Waals surface area contributed by atoms with Crippen molar-refractivity contribution >= 4 is 0 Å². The van der Waals surface area contributed by atoms with Crippen LogP contribution in [0.3, 0.4) is 0 Å². The SMILES string of the molecule is CCOCCCNCC(O)COCC1CCCO1. The molecule has 1 aliphatic rings. The number of ether oxygens (including phenoxy) is 3. The van der Waals surface area contributed by atoms with Crippen LogP contribution in [0.1, 0.15) is 26.2 Å². The minimum absolute atomic E-state index is 0.233. The van der Waals surface area contributed by atoms with Crippen molar-refractivity contribution < 1.29 is 19.3 Å². The van der Waals surface area contributed by atoms with Gasteiger partial charge in [0.2, 0.25) is 0 Å². The number of nitrogens with one attached hydrogen (secondary N) is 1. The Labute approximate surface area is 110 Å². The molecule has 1 saturated heterocycles. The van der Waals surface area contributed by atoms with Crippen molar-refractivity contribution in [1.82, 2.24) is 5.32 Å². The third-order valence-electron chi connectivity index (χ3n) is 2.86. The molecule has 1 aliphatic heterocycles. The molecule has 0 aromatic rings.